The first-order chi connectivity index (χ1) is 14.8. The molecule has 1 N–H and O–H groups in total. The number of carbonyl (C=O) groups excluding carboxylic acids is 2. The third-order valence-electron chi connectivity index (χ3n) is 5.10. The number of nitrogens with one attached hydrogen (secondary N) is 1. The average Bonchev–Trinajstić information content (AvgIpc) is 3.43. The molecular weight excluding hydrogens is 430 g/mol. The zero-order valence-electron chi connectivity index (χ0n) is 18.0. The molecule has 0 atom stereocenters. The van der Waals surface area contributed by atoms with Gasteiger partial charge in [-0.05, 0) is 62.4 Å². The zero-order chi connectivity index (χ0) is 22.7. The summed E-state index contributed by atoms with van der Waals surface area (Å²) in [5.41, 5.74) is 3.94. The van der Waals surface area contributed by atoms with Crippen molar-refractivity contribution in [2.24, 2.45) is 0 Å². The van der Waals surface area contributed by atoms with Crippen LogP contribution in [0.2, 0.25) is 0 Å². The standard InChI is InChI=1S/C23H23N3O3S2/c1-13-9-17(10-18(11-24)21(27)25-12-19-7-6-8-30-19)15(3)26(13)22-20(23(28)29-5)14(2)16(4)31-22/h6-10H,12H2,1-5H3,(H,25,27)/b18-10+. The molecule has 0 radical (unpaired) electrons. The normalized spacial score (nSPS) is 11.3. The zero-order valence-corrected chi connectivity index (χ0v) is 19.7. The lowest BCUT2D eigenvalue weighted by molar-refractivity contribution is -0.117. The van der Waals surface area contributed by atoms with Crippen LogP contribution in [0.1, 0.15) is 42.6 Å². The quantitative estimate of drug-likeness (QED) is 0.329. The average molecular weight is 454 g/mol. The summed E-state index contributed by atoms with van der Waals surface area (Å²) in [6, 6.07) is 7.75. The molecule has 160 valence electrons. The van der Waals surface area contributed by atoms with E-state index in [-0.39, 0.29) is 11.5 Å². The van der Waals surface area contributed by atoms with Gasteiger partial charge in [0.15, 0.2) is 0 Å². The van der Waals surface area contributed by atoms with Gasteiger partial charge in [-0.15, -0.1) is 22.7 Å². The smallest absolute Gasteiger partial charge is 0.341 e. The number of thiophene rings is 2. The Hall–Kier alpha value is -3.15. The Morgan fingerprint density at radius 1 is 1.29 bits per heavy atom. The third kappa shape index (κ3) is 4.48. The summed E-state index contributed by atoms with van der Waals surface area (Å²) in [7, 11) is 1.37. The Labute approximate surface area is 189 Å². The van der Waals surface area contributed by atoms with Crippen LogP contribution < -0.4 is 5.32 Å². The lowest BCUT2D eigenvalue weighted by Gasteiger charge is -2.10. The fourth-order valence-corrected chi connectivity index (χ4v) is 5.24. The lowest BCUT2D eigenvalue weighted by Crippen LogP contribution is -2.23. The monoisotopic (exact) mass is 453 g/mol. The second kappa shape index (κ2) is 9.33. The van der Waals surface area contributed by atoms with E-state index in [0.29, 0.717) is 12.1 Å². The summed E-state index contributed by atoms with van der Waals surface area (Å²) >= 11 is 3.06. The number of carbonyl (C=O) groups is 2. The van der Waals surface area contributed by atoms with Gasteiger partial charge in [0, 0.05) is 21.1 Å². The van der Waals surface area contributed by atoms with Gasteiger partial charge in [0.05, 0.1) is 19.2 Å². The molecule has 1 amide bonds. The number of ether oxygens (including phenoxy) is 1. The molecule has 6 nitrogen and oxygen atoms in total. The Balaban J connectivity index is 1.98. The molecule has 3 rings (SSSR count). The molecule has 0 aromatic carbocycles. The van der Waals surface area contributed by atoms with Crippen LogP contribution in [0.25, 0.3) is 11.1 Å². The number of hydrogen-bond donors (Lipinski definition) is 1. The van der Waals surface area contributed by atoms with Gasteiger partial charge in [0.1, 0.15) is 16.6 Å². The Bertz CT molecular complexity index is 1210. The molecule has 3 heterocycles. The van der Waals surface area contributed by atoms with Crippen LogP contribution in [-0.4, -0.2) is 23.6 Å². The first-order valence-corrected chi connectivity index (χ1v) is 11.3. The molecule has 3 aromatic heterocycles. The van der Waals surface area contributed by atoms with E-state index in [2.05, 4.69) is 5.32 Å². The highest BCUT2D eigenvalue weighted by molar-refractivity contribution is 7.15. The van der Waals surface area contributed by atoms with Crippen molar-refractivity contribution in [2.75, 3.05) is 7.11 Å². The Kier molecular flexibility index (Phi) is 6.78. The van der Waals surface area contributed by atoms with Gasteiger partial charge in [0.25, 0.3) is 5.91 Å². The summed E-state index contributed by atoms with van der Waals surface area (Å²) in [6.07, 6.45) is 1.59. The molecule has 3 aromatic rings. The van der Waals surface area contributed by atoms with Gasteiger partial charge in [-0.1, -0.05) is 6.07 Å². The van der Waals surface area contributed by atoms with Gasteiger partial charge < -0.3 is 14.6 Å². The van der Waals surface area contributed by atoms with E-state index < -0.39 is 5.91 Å². The predicted octanol–water partition coefficient (Wildman–Crippen LogP) is 4.84. The van der Waals surface area contributed by atoms with E-state index in [4.69, 9.17) is 4.74 Å². The predicted molar refractivity (Wildman–Crippen MR) is 124 cm³/mol. The van der Waals surface area contributed by atoms with Crippen LogP contribution in [0.3, 0.4) is 0 Å². The van der Waals surface area contributed by atoms with Crippen LogP contribution >= 0.6 is 22.7 Å². The number of aryl methyl sites for hydroxylation is 2. The van der Waals surface area contributed by atoms with E-state index in [1.165, 1.54) is 18.4 Å². The van der Waals surface area contributed by atoms with Crippen LogP contribution in [-0.2, 0) is 16.1 Å². The van der Waals surface area contributed by atoms with Crippen LogP contribution in [0.4, 0.5) is 0 Å². The van der Waals surface area contributed by atoms with Gasteiger partial charge in [-0.3, -0.25) is 4.79 Å². The number of methoxy groups -OCH3 is 1. The Morgan fingerprint density at radius 2 is 2.03 bits per heavy atom. The molecule has 0 saturated heterocycles. The third-order valence-corrected chi connectivity index (χ3v) is 7.17. The van der Waals surface area contributed by atoms with E-state index in [9.17, 15) is 14.9 Å². The summed E-state index contributed by atoms with van der Waals surface area (Å²) in [4.78, 5) is 27.0. The van der Waals surface area contributed by atoms with Gasteiger partial charge >= 0.3 is 5.97 Å². The maximum atomic E-state index is 12.5. The molecule has 0 unspecified atom stereocenters. The molecule has 8 heteroatoms. The summed E-state index contributed by atoms with van der Waals surface area (Å²) < 4.78 is 6.97. The second-order valence-electron chi connectivity index (χ2n) is 7.05. The van der Waals surface area contributed by atoms with Crippen molar-refractivity contribution in [3.05, 3.63) is 67.0 Å². The number of esters is 1. The lowest BCUT2D eigenvalue weighted by atomic mass is 10.1. The van der Waals surface area contributed by atoms with E-state index in [0.717, 1.165) is 37.3 Å². The largest absolute Gasteiger partial charge is 0.465 e. The number of rotatable bonds is 6. The van der Waals surface area contributed by atoms with E-state index in [1.807, 2.05) is 61.9 Å². The molecule has 0 aliphatic heterocycles. The van der Waals surface area contributed by atoms with E-state index >= 15 is 0 Å². The van der Waals surface area contributed by atoms with Gasteiger partial charge in [-0.2, -0.15) is 5.26 Å². The minimum atomic E-state index is -0.418. The number of amides is 1. The second-order valence-corrected chi connectivity index (χ2v) is 9.28. The number of hydrogen-bond acceptors (Lipinski definition) is 6. The molecule has 0 aliphatic carbocycles. The maximum Gasteiger partial charge on any atom is 0.341 e. The molecule has 0 bridgehead atoms. The van der Waals surface area contributed by atoms with Gasteiger partial charge in [-0.25, -0.2) is 4.79 Å². The number of nitriles is 1. The number of aromatic nitrogens is 1. The summed E-state index contributed by atoms with van der Waals surface area (Å²) in [5.74, 6) is -0.800. The van der Waals surface area contributed by atoms with Gasteiger partial charge in [0.2, 0.25) is 0 Å². The number of nitrogens with zero attached hydrogens (tertiary/aromatic N) is 2. The first kappa shape index (κ1) is 22.5. The fourth-order valence-electron chi connectivity index (χ4n) is 3.34. The van der Waals surface area contributed by atoms with Crippen molar-refractivity contribution < 1.29 is 14.3 Å². The minimum absolute atomic E-state index is 0.0311. The summed E-state index contributed by atoms with van der Waals surface area (Å²) in [5, 5.41) is 15.0. The highest BCUT2D eigenvalue weighted by Crippen LogP contribution is 2.35. The van der Waals surface area contributed by atoms with Crippen molar-refractivity contribution in [1.29, 1.82) is 5.26 Å². The van der Waals surface area contributed by atoms with Crippen molar-refractivity contribution in [2.45, 2.75) is 34.2 Å². The van der Waals surface area contributed by atoms with Crippen molar-refractivity contribution in [3.63, 3.8) is 0 Å². The molecule has 31 heavy (non-hydrogen) atoms. The minimum Gasteiger partial charge on any atom is -0.465 e. The molecule has 0 saturated carbocycles. The topological polar surface area (TPSA) is 84.1 Å². The van der Waals surface area contributed by atoms with Crippen LogP contribution in [0, 0.1) is 39.0 Å². The van der Waals surface area contributed by atoms with Crippen LogP contribution in [0.15, 0.2) is 29.2 Å². The molecule has 0 aliphatic rings. The fraction of sp³-hybridized carbons (Fsp3) is 0.261. The first-order valence-electron chi connectivity index (χ1n) is 9.58. The van der Waals surface area contributed by atoms with Crippen molar-refractivity contribution >= 4 is 40.6 Å². The molecule has 0 spiro atoms. The molecular formula is C23H23N3O3S2. The van der Waals surface area contributed by atoms with Crippen molar-refractivity contribution in [3.8, 4) is 11.1 Å². The Morgan fingerprint density at radius 3 is 2.65 bits per heavy atom. The summed E-state index contributed by atoms with van der Waals surface area (Å²) in [6.45, 7) is 8.09. The van der Waals surface area contributed by atoms with E-state index in [1.54, 1.807) is 17.4 Å². The highest BCUT2D eigenvalue weighted by Gasteiger charge is 2.24. The van der Waals surface area contributed by atoms with Crippen LogP contribution in [0.5, 0.6) is 0 Å². The highest BCUT2D eigenvalue weighted by atomic mass is 32.1. The maximum absolute atomic E-state index is 12.5. The van der Waals surface area contributed by atoms with Crippen molar-refractivity contribution in [1.82, 2.24) is 9.88 Å². The molecule has 0 fully saturated rings. The SMILES string of the molecule is COC(=O)c1c(-n2c(C)cc(/C=C(\C#N)C(=O)NCc3cccs3)c2C)sc(C)c1C.